The van der Waals surface area contributed by atoms with Gasteiger partial charge in [-0.15, -0.1) is 5.10 Å². The Kier molecular flexibility index (Phi) is 4.66. The molecule has 0 saturated carbocycles. The molecule has 0 bridgehead atoms. The van der Waals surface area contributed by atoms with E-state index >= 15 is 0 Å². The lowest BCUT2D eigenvalue weighted by Crippen LogP contribution is -2.25. The van der Waals surface area contributed by atoms with Crippen LogP contribution in [-0.2, 0) is 16.6 Å². The number of nitrogens with zero attached hydrogens (tertiary/aromatic N) is 3. The normalized spacial score (nSPS) is 11.3. The number of hydrogen-bond donors (Lipinski definition) is 2. The average Bonchev–Trinajstić information content (AvgIpc) is 2.96. The Bertz CT molecular complexity index is 695. The molecule has 1 amide bonds. The molecule has 0 aliphatic carbocycles. The topological polar surface area (TPSA) is 120 Å². The number of nitrogens with two attached hydrogens (primary N) is 1. The average molecular weight is 309 g/mol. The van der Waals surface area contributed by atoms with Crippen LogP contribution in [0.5, 0.6) is 0 Å². The van der Waals surface area contributed by atoms with Gasteiger partial charge in [0.1, 0.15) is 0 Å². The fraction of sp³-hybridized carbons (Fsp3) is 0.250. The molecule has 1 aromatic carbocycles. The monoisotopic (exact) mass is 309 g/mol. The van der Waals surface area contributed by atoms with Crippen molar-refractivity contribution in [3.63, 3.8) is 0 Å². The van der Waals surface area contributed by atoms with Gasteiger partial charge < -0.3 is 5.32 Å². The number of primary sulfonamides is 1. The van der Waals surface area contributed by atoms with Crippen LogP contribution in [0.3, 0.4) is 0 Å². The summed E-state index contributed by atoms with van der Waals surface area (Å²) in [4.78, 5) is 11.8. The summed E-state index contributed by atoms with van der Waals surface area (Å²) in [5.41, 5.74) is 0.378. The second-order valence-electron chi connectivity index (χ2n) is 4.34. The van der Waals surface area contributed by atoms with Gasteiger partial charge in [0.25, 0.3) is 5.91 Å². The van der Waals surface area contributed by atoms with E-state index in [1.165, 1.54) is 24.3 Å². The molecule has 2 rings (SSSR count). The van der Waals surface area contributed by atoms with Crippen LogP contribution in [0.1, 0.15) is 16.8 Å². The maximum Gasteiger partial charge on any atom is 0.251 e. The minimum Gasteiger partial charge on any atom is -0.352 e. The van der Waals surface area contributed by atoms with Crippen molar-refractivity contribution in [3.05, 3.63) is 42.2 Å². The van der Waals surface area contributed by atoms with Crippen molar-refractivity contribution in [1.29, 1.82) is 0 Å². The highest BCUT2D eigenvalue weighted by Gasteiger charge is 2.09. The van der Waals surface area contributed by atoms with Crippen molar-refractivity contribution in [2.75, 3.05) is 6.54 Å². The van der Waals surface area contributed by atoms with Crippen LogP contribution in [0.4, 0.5) is 0 Å². The third kappa shape index (κ3) is 4.36. The Hall–Kier alpha value is -2.26. The molecule has 0 aliphatic rings. The zero-order chi connectivity index (χ0) is 15.3. The van der Waals surface area contributed by atoms with E-state index in [0.717, 1.165) is 0 Å². The van der Waals surface area contributed by atoms with Crippen LogP contribution in [0.2, 0.25) is 0 Å². The summed E-state index contributed by atoms with van der Waals surface area (Å²) in [5.74, 6) is -0.269. The summed E-state index contributed by atoms with van der Waals surface area (Å²) in [6, 6.07) is 5.46. The maximum atomic E-state index is 11.8. The van der Waals surface area contributed by atoms with Crippen molar-refractivity contribution < 1.29 is 13.2 Å². The third-order valence-electron chi connectivity index (χ3n) is 2.77. The van der Waals surface area contributed by atoms with Gasteiger partial charge >= 0.3 is 0 Å². The molecule has 1 heterocycles. The quantitative estimate of drug-likeness (QED) is 0.713. The fourth-order valence-electron chi connectivity index (χ4n) is 1.69. The summed E-state index contributed by atoms with van der Waals surface area (Å²) in [7, 11) is -3.74. The molecule has 21 heavy (non-hydrogen) atoms. The Morgan fingerprint density at radius 2 is 2.00 bits per heavy atom. The first-order valence-corrected chi connectivity index (χ1v) is 7.76. The molecule has 0 radical (unpaired) electrons. The molecule has 0 aliphatic heterocycles. The largest absolute Gasteiger partial charge is 0.352 e. The van der Waals surface area contributed by atoms with Gasteiger partial charge in [0.2, 0.25) is 10.0 Å². The molecule has 9 heteroatoms. The lowest BCUT2D eigenvalue weighted by atomic mass is 10.2. The first kappa shape index (κ1) is 15.1. The van der Waals surface area contributed by atoms with Gasteiger partial charge in [0.05, 0.1) is 11.1 Å². The zero-order valence-electron chi connectivity index (χ0n) is 11.1. The SMILES string of the molecule is NS(=O)(=O)c1ccc(C(=O)NCCCn2ccnn2)cc1. The Balaban J connectivity index is 1.83. The van der Waals surface area contributed by atoms with Crippen LogP contribution < -0.4 is 10.5 Å². The molecule has 0 saturated heterocycles. The number of aromatic nitrogens is 3. The van der Waals surface area contributed by atoms with Crippen molar-refractivity contribution in [2.24, 2.45) is 5.14 Å². The van der Waals surface area contributed by atoms with Gasteiger partial charge in [-0.3, -0.25) is 9.48 Å². The summed E-state index contributed by atoms with van der Waals surface area (Å²) in [6.07, 6.45) is 4.05. The first-order chi connectivity index (χ1) is 9.97. The second-order valence-corrected chi connectivity index (χ2v) is 5.91. The number of benzene rings is 1. The number of sulfonamides is 1. The number of carbonyl (C=O) groups excluding carboxylic acids is 1. The minimum absolute atomic E-state index is 0.0229. The number of rotatable bonds is 6. The molecule has 2 aromatic rings. The van der Waals surface area contributed by atoms with Crippen molar-refractivity contribution in [3.8, 4) is 0 Å². The summed E-state index contributed by atoms with van der Waals surface area (Å²) < 4.78 is 23.9. The molecular weight excluding hydrogens is 294 g/mol. The van der Waals surface area contributed by atoms with Gasteiger partial charge in [-0.2, -0.15) is 0 Å². The van der Waals surface area contributed by atoms with Crippen LogP contribution in [-0.4, -0.2) is 35.9 Å². The molecular formula is C12H15N5O3S. The minimum atomic E-state index is -3.74. The predicted molar refractivity (Wildman–Crippen MR) is 74.8 cm³/mol. The number of hydrogen-bond acceptors (Lipinski definition) is 5. The zero-order valence-corrected chi connectivity index (χ0v) is 12.0. The molecule has 0 fully saturated rings. The van der Waals surface area contributed by atoms with Crippen molar-refractivity contribution >= 4 is 15.9 Å². The Labute approximate surface area is 122 Å². The van der Waals surface area contributed by atoms with Gasteiger partial charge in [-0.25, -0.2) is 13.6 Å². The van der Waals surface area contributed by atoms with Crippen LogP contribution in [0.15, 0.2) is 41.6 Å². The summed E-state index contributed by atoms with van der Waals surface area (Å²) in [6.45, 7) is 1.14. The van der Waals surface area contributed by atoms with E-state index in [4.69, 9.17) is 5.14 Å². The first-order valence-electron chi connectivity index (χ1n) is 6.22. The van der Waals surface area contributed by atoms with Gasteiger partial charge in [0.15, 0.2) is 0 Å². The number of amides is 1. The van der Waals surface area contributed by atoms with E-state index < -0.39 is 10.0 Å². The van der Waals surface area contributed by atoms with Crippen molar-refractivity contribution in [1.82, 2.24) is 20.3 Å². The Morgan fingerprint density at radius 3 is 2.57 bits per heavy atom. The smallest absolute Gasteiger partial charge is 0.251 e. The summed E-state index contributed by atoms with van der Waals surface area (Å²) >= 11 is 0. The van der Waals surface area contributed by atoms with Gasteiger partial charge in [0, 0.05) is 24.8 Å². The lowest BCUT2D eigenvalue weighted by Gasteiger charge is -2.06. The molecule has 112 valence electrons. The number of nitrogens with one attached hydrogen (secondary N) is 1. The van der Waals surface area contributed by atoms with E-state index in [9.17, 15) is 13.2 Å². The molecule has 3 N–H and O–H groups in total. The highest BCUT2D eigenvalue weighted by molar-refractivity contribution is 7.89. The lowest BCUT2D eigenvalue weighted by molar-refractivity contribution is 0.0952. The van der Waals surface area contributed by atoms with E-state index in [-0.39, 0.29) is 10.8 Å². The second kappa shape index (κ2) is 6.46. The third-order valence-corrected chi connectivity index (χ3v) is 3.70. The van der Waals surface area contributed by atoms with Crippen LogP contribution >= 0.6 is 0 Å². The number of aryl methyl sites for hydroxylation is 1. The van der Waals surface area contributed by atoms with Crippen molar-refractivity contribution in [2.45, 2.75) is 17.9 Å². The molecule has 8 nitrogen and oxygen atoms in total. The summed E-state index contributed by atoms with van der Waals surface area (Å²) in [5, 5.41) is 15.2. The van der Waals surface area contributed by atoms with Crippen LogP contribution in [0.25, 0.3) is 0 Å². The molecule has 0 unspecified atom stereocenters. The van der Waals surface area contributed by atoms with Gasteiger partial charge in [-0.1, -0.05) is 5.21 Å². The fourth-order valence-corrected chi connectivity index (χ4v) is 2.21. The molecule has 0 spiro atoms. The Morgan fingerprint density at radius 1 is 1.29 bits per heavy atom. The van der Waals surface area contributed by atoms with Crippen LogP contribution in [0, 0.1) is 0 Å². The highest BCUT2D eigenvalue weighted by atomic mass is 32.2. The van der Waals surface area contributed by atoms with E-state index in [1.807, 2.05) is 0 Å². The molecule has 1 aromatic heterocycles. The number of carbonyl (C=O) groups is 1. The standard InChI is InChI=1S/C12H15N5O3S/c13-21(19,20)11-4-2-10(3-5-11)12(18)14-6-1-8-17-9-7-15-16-17/h2-5,7,9H,1,6,8H2,(H,14,18)(H2,13,19,20). The van der Waals surface area contributed by atoms with E-state index in [2.05, 4.69) is 15.6 Å². The predicted octanol–water partition coefficient (Wildman–Crippen LogP) is -0.254. The van der Waals surface area contributed by atoms with E-state index in [1.54, 1.807) is 17.1 Å². The maximum absolute atomic E-state index is 11.8. The van der Waals surface area contributed by atoms with Gasteiger partial charge in [-0.05, 0) is 30.7 Å². The molecule has 0 atom stereocenters. The van der Waals surface area contributed by atoms with E-state index in [0.29, 0.717) is 25.1 Å². The highest BCUT2D eigenvalue weighted by Crippen LogP contribution is 2.08.